The number of benzene rings is 3. The second-order valence-corrected chi connectivity index (χ2v) is 6.17. The summed E-state index contributed by atoms with van der Waals surface area (Å²) in [5.41, 5.74) is 1.18. The van der Waals surface area contributed by atoms with Crippen molar-refractivity contribution in [2.75, 3.05) is 12.4 Å². The second kappa shape index (κ2) is 8.17. The summed E-state index contributed by atoms with van der Waals surface area (Å²) < 4.78 is 44.0. The molecule has 0 heterocycles. The van der Waals surface area contributed by atoms with Crippen molar-refractivity contribution in [1.29, 1.82) is 0 Å². The highest BCUT2D eigenvalue weighted by molar-refractivity contribution is 6.03. The molecule has 0 aliphatic rings. The van der Waals surface area contributed by atoms with E-state index in [1.165, 1.54) is 12.1 Å². The van der Waals surface area contributed by atoms with Crippen molar-refractivity contribution in [2.24, 2.45) is 0 Å². The Labute approximate surface area is 160 Å². The molecule has 0 aromatic heterocycles. The van der Waals surface area contributed by atoms with Crippen LogP contribution in [-0.4, -0.2) is 12.9 Å². The molecule has 3 aromatic rings. The average Bonchev–Trinajstić information content (AvgIpc) is 2.68. The molecule has 6 heteroatoms. The molecule has 0 saturated heterocycles. The molecule has 0 saturated carbocycles. The zero-order chi connectivity index (χ0) is 20.1. The van der Waals surface area contributed by atoms with E-state index in [0.29, 0.717) is 28.3 Å². The minimum atomic E-state index is -4.44. The molecule has 0 aliphatic carbocycles. The number of methoxy groups -OCH3 is 1. The average molecular weight is 385 g/mol. The monoisotopic (exact) mass is 385 g/mol. The van der Waals surface area contributed by atoms with Gasteiger partial charge in [-0.15, -0.1) is 0 Å². The Hall–Kier alpha value is -3.28. The van der Waals surface area contributed by atoms with Crippen molar-refractivity contribution in [1.82, 2.24) is 0 Å². The van der Waals surface area contributed by atoms with Crippen LogP contribution in [0.25, 0.3) is 0 Å². The van der Waals surface area contributed by atoms with Gasteiger partial charge in [-0.2, -0.15) is 13.2 Å². The highest BCUT2D eigenvalue weighted by Gasteiger charge is 2.30. The zero-order valence-corrected chi connectivity index (χ0v) is 15.1. The first-order valence-electron chi connectivity index (χ1n) is 8.57. The van der Waals surface area contributed by atoms with Crippen molar-refractivity contribution in [3.05, 3.63) is 89.5 Å². The third-order valence-corrected chi connectivity index (χ3v) is 4.22. The molecule has 0 aliphatic heterocycles. The fourth-order valence-corrected chi connectivity index (χ4v) is 2.87. The summed E-state index contributed by atoms with van der Waals surface area (Å²) >= 11 is 0. The number of ether oxygens (including phenoxy) is 1. The van der Waals surface area contributed by atoms with Gasteiger partial charge in [-0.3, -0.25) is 4.79 Å². The van der Waals surface area contributed by atoms with Crippen LogP contribution in [0.4, 0.5) is 24.5 Å². The molecule has 0 amide bonds. The van der Waals surface area contributed by atoms with E-state index in [0.717, 1.165) is 12.1 Å². The molecule has 0 unspecified atom stereocenters. The van der Waals surface area contributed by atoms with Crippen molar-refractivity contribution < 1.29 is 22.7 Å². The van der Waals surface area contributed by atoms with Crippen LogP contribution in [0, 0.1) is 0 Å². The van der Waals surface area contributed by atoms with E-state index in [1.807, 2.05) is 18.2 Å². The smallest absolute Gasteiger partial charge is 0.416 e. The van der Waals surface area contributed by atoms with Gasteiger partial charge in [-0.1, -0.05) is 42.5 Å². The lowest BCUT2D eigenvalue weighted by Gasteiger charge is -2.14. The first-order chi connectivity index (χ1) is 13.4. The fraction of sp³-hybridized carbons (Fsp3) is 0.136. The molecular formula is C22H18F3NO2. The van der Waals surface area contributed by atoms with Crippen molar-refractivity contribution in [3.63, 3.8) is 0 Å². The number of para-hydroxylation sites is 3. The van der Waals surface area contributed by atoms with Crippen LogP contribution in [0.2, 0.25) is 0 Å². The molecule has 0 spiro atoms. The Balaban J connectivity index is 1.86. The fourth-order valence-electron chi connectivity index (χ4n) is 2.87. The molecule has 3 aromatic carbocycles. The molecule has 0 fully saturated rings. The van der Waals surface area contributed by atoms with Gasteiger partial charge < -0.3 is 10.1 Å². The van der Waals surface area contributed by atoms with Crippen LogP contribution >= 0.6 is 0 Å². The summed E-state index contributed by atoms with van der Waals surface area (Å²) in [7, 11) is 1.55. The van der Waals surface area contributed by atoms with Crippen LogP contribution in [0.15, 0.2) is 72.8 Å². The normalized spacial score (nSPS) is 11.1. The van der Waals surface area contributed by atoms with E-state index in [2.05, 4.69) is 5.32 Å². The van der Waals surface area contributed by atoms with E-state index in [1.54, 1.807) is 37.4 Å². The van der Waals surface area contributed by atoms with Gasteiger partial charge in [0.2, 0.25) is 0 Å². The Morgan fingerprint density at radius 1 is 0.929 bits per heavy atom. The first kappa shape index (κ1) is 19.5. The van der Waals surface area contributed by atoms with Gasteiger partial charge >= 0.3 is 6.18 Å². The Morgan fingerprint density at radius 3 is 2.32 bits per heavy atom. The summed E-state index contributed by atoms with van der Waals surface area (Å²) in [5.74, 6) is 0.333. The number of anilines is 2. The summed E-state index contributed by atoms with van der Waals surface area (Å²) in [6.07, 6.45) is -4.57. The van der Waals surface area contributed by atoms with Gasteiger partial charge in [-0.05, 0) is 35.9 Å². The Kier molecular flexibility index (Phi) is 5.68. The number of rotatable bonds is 6. The number of carbonyl (C=O) groups excluding carboxylic acids is 1. The molecule has 3 nitrogen and oxygen atoms in total. The maximum absolute atomic E-state index is 12.9. The van der Waals surface area contributed by atoms with Gasteiger partial charge in [-0.25, -0.2) is 0 Å². The lowest BCUT2D eigenvalue weighted by atomic mass is 10.00. The van der Waals surface area contributed by atoms with Crippen molar-refractivity contribution in [3.8, 4) is 5.75 Å². The largest absolute Gasteiger partial charge is 0.495 e. The van der Waals surface area contributed by atoms with Gasteiger partial charge in [0.05, 0.1) is 18.4 Å². The van der Waals surface area contributed by atoms with Crippen LogP contribution < -0.4 is 10.1 Å². The van der Waals surface area contributed by atoms with Crippen molar-refractivity contribution in [2.45, 2.75) is 12.6 Å². The molecule has 1 N–H and O–H groups in total. The molecule has 144 valence electrons. The topological polar surface area (TPSA) is 38.3 Å². The quantitative estimate of drug-likeness (QED) is 0.538. The van der Waals surface area contributed by atoms with E-state index >= 15 is 0 Å². The summed E-state index contributed by atoms with van der Waals surface area (Å²) in [4.78, 5) is 12.8. The molecule has 3 rings (SSSR count). The highest BCUT2D eigenvalue weighted by Crippen LogP contribution is 2.31. The van der Waals surface area contributed by atoms with E-state index < -0.39 is 11.7 Å². The molecule has 28 heavy (non-hydrogen) atoms. The standard InChI is InChI=1S/C22H18F3NO2/c1-28-21-12-5-4-11-19(21)26-18-10-3-2-9-17(18)20(27)14-15-7-6-8-16(13-15)22(23,24)25/h2-13,26H,14H2,1H3. The van der Waals surface area contributed by atoms with Crippen molar-refractivity contribution >= 4 is 17.2 Å². The SMILES string of the molecule is COc1ccccc1Nc1ccccc1C(=O)Cc1cccc(C(F)(F)F)c1. The molecule has 0 atom stereocenters. The first-order valence-corrected chi connectivity index (χ1v) is 8.57. The number of Topliss-reactive ketones (excluding diaryl/α,β-unsaturated/α-hetero) is 1. The van der Waals surface area contributed by atoms with E-state index in [-0.39, 0.29) is 12.2 Å². The highest BCUT2D eigenvalue weighted by atomic mass is 19.4. The van der Waals surface area contributed by atoms with Crippen LogP contribution in [-0.2, 0) is 12.6 Å². The predicted octanol–water partition coefficient (Wildman–Crippen LogP) is 5.88. The molecule has 0 bridgehead atoms. The van der Waals surface area contributed by atoms with Crippen LogP contribution in [0.3, 0.4) is 0 Å². The second-order valence-electron chi connectivity index (χ2n) is 6.17. The maximum atomic E-state index is 12.9. The number of hydrogen-bond acceptors (Lipinski definition) is 3. The van der Waals surface area contributed by atoms with Gasteiger partial charge in [0.15, 0.2) is 5.78 Å². The maximum Gasteiger partial charge on any atom is 0.416 e. The predicted molar refractivity (Wildman–Crippen MR) is 102 cm³/mol. The van der Waals surface area contributed by atoms with Crippen LogP contribution in [0.1, 0.15) is 21.5 Å². The number of hydrogen-bond donors (Lipinski definition) is 1. The number of ketones is 1. The van der Waals surface area contributed by atoms with Crippen LogP contribution in [0.5, 0.6) is 5.75 Å². The lowest BCUT2D eigenvalue weighted by Crippen LogP contribution is -2.09. The van der Waals surface area contributed by atoms with Gasteiger partial charge in [0, 0.05) is 17.7 Å². The molecule has 0 radical (unpaired) electrons. The van der Waals surface area contributed by atoms with E-state index in [4.69, 9.17) is 4.74 Å². The Bertz CT molecular complexity index is 983. The van der Waals surface area contributed by atoms with E-state index in [9.17, 15) is 18.0 Å². The summed E-state index contributed by atoms with van der Waals surface area (Å²) in [6.45, 7) is 0. The summed E-state index contributed by atoms with van der Waals surface area (Å²) in [6, 6.07) is 19.0. The number of halogens is 3. The number of alkyl halides is 3. The third-order valence-electron chi connectivity index (χ3n) is 4.22. The summed E-state index contributed by atoms with van der Waals surface area (Å²) in [5, 5.41) is 3.17. The molecular weight excluding hydrogens is 367 g/mol. The minimum absolute atomic E-state index is 0.130. The number of carbonyl (C=O) groups is 1. The van der Waals surface area contributed by atoms with Gasteiger partial charge in [0.1, 0.15) is 5.75 Å². The van der Waals surface area contributed by atoms with Gasteiger partial charge in [0.25, 0.3) is 0 Å². The lowest BCUT2D eigenvalue weighted by molar-refractivity contribution is -0.137. The zero-order valence-electron chi connectivity index (χ0n) is 15.1. The minimum Gasteiger partial charge on any atom is -0.495 e. The number of nitrogens with one attached hydrogen (secondary N) is 1. The Morgan fingerprint density at radius 2 is 1.61 bits per heavy atom. The third kappa shape index (κ3) is 4.52.